The van der Waals surface area contributed by atoms with Gasteiger partial charge in [-0.3, -0.25) is 0 Å². The summed E-state index contributed by atoms with van der Waals surface area (Å²) in [4.78, 5) is 0. The lowest BCUT2D eigenvalue weighted by atomic mass is 9.40. The molecule has 2 N–H and O–H groups in total. The molecule has 4 heteroatoms. The molecule has 9 atom stereocenters. The van der Waals surface area contributed by atoms with E-state index in [9.17, 15) is 19.0 Å². The van der Waals surface area contributed by atoms with Crippen molar-refractivity contribution in [3.05, 3.63) is 0 Å². The van der Waals surface area contributed by atoms with Gasteiger partial charge >= 0.3 is 0 Å². The van der Waals surface area contributed by atoms with Gasteiger partial charge in [-0.05, 0) is 97.7 Å². The summed E-state index contributed by atoms with van der Waals surface area (Å²) in [5.41, 5.74) is 0.474. The van der Waals surface area contributed by atoms with Crippen molar-refractivity contribution in [1.82, 2.24) is 0 Å². The topological polar surface area (TPSA) is 40.5 Å². The molecule has 5 unspecified atom stereocenters. The molecule has 0 aliphatic heterocycles. The Hall–Kier alpha value is -0.220. The average Bonchev–Trinajstić information content (AvgIpc) is 2.99. The van der Waals surface area contributed by atoms with E-state index in [0.717, 1.165) is 44.9 Å². The number of rotatable bonds is 3. The van der Waals surface area contributed by atoms with E-state index in [2.05, 4.69) is 20.8 Å². The van der Waals surface area contributed by atoms with Crippen molar-refractivity contribution in [2.24, 2.45) is 45.8 Å². The number of hydrogen-bond acceptors (Lipinski definition) is 2. The highest BCUT2D eigenvalue weighted by Gasteiger charge is 2.64. The number of alkyl halides is 2. The van der Waals surface area contributed by atoms with Gasteiger partial charge in [0.05, 0.1) is 6.10 Å². The zero-order valence-corrected chi connectivity index (χ0v) is 18.2. The summed E-state index contributed by atoms with van der Waals surface area (Å²) < 4.78 is 28.7. The second kappa shape index (κ2) is 6.64. The summed E-state index contributed by atoms with van der Waals surface area (Å²) >= 11 is 0. The summed E-state index contributed by atoms with van der Waals surface area (Å²) in [7, 11) is 0. The van der Waals surface area contributed by atoms with Crippen molar-refractivity contribution >= 4 is 0 Å². The fourth-order valence-corrected chi connectivity index (χ4v) is 8.91. The molecule has 0 aromatic rings. The van der Waals surface area contributed by atoms with Crippen LogP contribution < -0.4 is 0 Å². The van der Waals surface area contributed by atoms with Crippen LogP contribution in [-0.2, 0) is 0 Å². The van der Waals surface area contributed by atoms with E-state index in [-0.39, 0.29) is 28.3 Å². The Kier molecular flexibility index (Phi) is 4.99. The maximum Gasteiger partial charge on any atom is 0.273 e. The van der Waals surface area contributed by atoms with Gasteiger partial charge in [0, 0.05) is 5.92 Å². The maximum absolute atomic E-state index is 14.4. The maximum atomic E-state index is 14.4. The third-order valence-electron chi connectivity index (χ3n) is 10.9. The van der Waals surface area contributed by atoms with Crippen LogP contribution in [0.1, 0.15) is 85.5 Å². The van der Waals surface area contributed by atoms with Crippen LogP contribution in [0.3, 0.4) is 0 Å². The van der Waals surface area contributed by atoms with E-state index < -0.39 is 18.4 Å². The molecule has 0 bridgehead atoms. The average molecular weight is 399 g/mol. The van der Waals surface area contributed by atoms with E-state index in [1.807, 2.05) is 0 Å². The van der Waals surface area contributed by atoms with Gasteiger partial charge in [-0.2, -0.15) is 0 Å². The summed E-state index contributed by atoms with van der Waals surface area (Å²) in [5, 5.41) is 19.6. The number of halogens is 2. The van der Waals surface area contributed by atoms with Crippen molar-refractivity contribution in [2.75, 3.05) is 6.61 Å². The minimum absolute atomic E-state index is 0.00916. The summed E-state index contributed by atoms with van der Waals surface area (Å²) in [5.74, 6) is -1.86. The third kappa shape index (κ3) is 2.76. The van der Waals surface area contributed by atoms with Gasteiger partial charge in [-0.15, -0.1) is 0 Å². The Balaban J connectivity index is 1.60. The molecule has 0 heterocycles. The SMILES string of the molecule is CC([C@H]1CCC2C3CCC4(C)C[C@@H](O)CC[C@]4(C)C3CC[C@@]21C)C(F)(F)CO. The van der Waals surface area contributed by atoms with Gasteiger partial charge < -0.3 is 10.2 Å². The molecule has 162 valence electrons. The van der Waals surface area contributed by atoms with Crippen LogP contribution in [0, 0.1) is 45.8 Å². The molecule has 0 amide bonds. The van der Waals surface area contributed by atoms with Crippen LogP contribution in [0.5, 0.6) is 0 Å². The highest BCUT2D eigenvalue weighted by atomic mass is 19.3. The Morgan fingerprint density at radius 2 is 1.68 bits per heavy atom. The molecule has 0 saturated heterocycles. The zero-order valence-electron chi connectivity index (χ0n) is 18.2. The molecule has 4 aliphatic carbocycles. The molecule has 0 radical (unpaired) electrons. The van der Waals surface area contributed by atoms with Gasteiger partial charge in [-0.1, -0.05) is 27.7 Å². The van der Waals surface area contributed by atoms with Gasteiger partial charge in [0.1, 0.15) is 6.61 Å². The van der Waals surface area contributed by atoms with Crippen LogP contribution in [0.15, 0.2) is 0 Å². The van der Waals surface area contributed by atoms with Crippen molar-refractivity contribution < 1.29 is 19.0 Å². The van der Waals surface area contributed by atoms with Crippen LogP contribution in [0.25, 0.3) is 0 Å². The summed E-state index contributed by atoms with van der Waals surface area (Å²) in [6.45, 7) is 7.81. The van der Waals surface area contributed by atoms with Crippen LogP contribution >= 0.6 is 0 Å². The van der Waals surface area contributed by atoms with Crippen molar-refractivity contribution in [3.8, 4) is 0 Å². The molecule has 0 aromatic carbocycles. The quantitative estimate of drug-likeness (QED) is 0.644. The minimum atomic E-state index is -2.98. The van der Waals surface area contributed by atoms with Crippen LogP contribution in [0.2, 0.25) is 0 Å². The molecule has 4 aliphatic rings. The molecule has 0 aromatic heterocycles. The Labute approximate surface area is 169 Å². The molecule has 0 spiro atoms. The highest BCUT2D eigenvalue weighted by molar-refractivity contribution is 5.13. The largest absolute Gasteiger partial charge is 0.393 e. The van der Waals surface area contributed by atoms with Crippen molar-refractivity contribution in [2.45, 2.75) is 97.5 Å². The standard InChI is InChI=1S/C24H40F2O2/c1-15(24(25,26)14-27)18-5-6-19-17-8-10-21(2)13-16(28)7-12-23(21,4)20(17)9-11-22(18,19)3/h15-20,27-28H,5-14H2,1-4H3/t15?,16-,17?,18+,19?,20?,21?,22+,23+/m0/s1. The molecule has 28 heavy (non-hydrogen) atoms. The third-order valence-corrected chi connectivity index (χ3v) is 10.9. The van der Waals surface area contributed by atoms with Crippen molar-refractivity contribution in [1.29, 1.82) is 0 Å². The number of hydrogen-bond donors (Lipinski definition) is 2. The van der Waals surface area contributed by atoms with Gasteiger partial charge in [-0.25, -0.2) is 8.78 Å². The van der Waals surface area contributed by atoms with Crippen LogP contribution in [0.4, 0.5) is 8.78 Å². The lowest BCUT2D eigenvalue weighted by molar-refractivity contribution is -0.179. The van der Waals surface area contributed by atoms with Gasteiger partial charge in [0.15, 0.2) is 0 Å². The molecular formula is C24H40F2O2. The van der Waals surface area contributed by atoms with Crippen LogP contribution in [-0.4, -0.2) is 28.8 Å². The Morgan fingerprint density at radius 1 is 0.964 bits per heavy atom. The molecule has 4 fully saturated rings. The second-order valence-corrected chi connectivity index (χ2v) is 11.7. The first-order valence-corrected chi connectivity index (χ1v) is 11.7. The first-order chi connectivity index (χ1) is 13.0. The first-order valence-electron chi connectivity index (χ1n) is 11.7. The van der Waals surface area contributed by atoms with E-state index in [4.69, 9.17) is 0 Å². The lowest BCUT2D eigenvalue weighted by Crippen LogP contribution is -2.58. The molecule has 4 rings (SSSR count). The molecule has 4 saturated carbocycles. The fraction of sp³-hybridized carbons (Fsp3) is 1.00. The normalized spacial score (nSPS) is 52.5. The van der Waals surface area contributed by atoms with Gasteiger partial charge in [0.2, 0.25) is 0 Å². The van der Waals surface area contributed by atoms with E-state index >= 15 is 0 Å². The highest BCUT2D eigenvalue weighted by Crippen LogP contribution is 2.71. The summed E-state index contributed by atoms with van der Waals surface area (Å²) in [6.07, 6.45) is 9.31. The number of fused-ring (bicyclic) bond motifs is 5. The zero-order chi connectivity index (χ0) is 20.5. The number of aliphatic hydroxyl groups excluding tert-OH is 2. The predicted octanol–water partition coefficient (Wildman–Crippen LogP) is 5.66. The molecule has 2 nitrogen and oxygen atoms in total. The van der Waals surface area contributed by atoms with Crippen molar-refractivity contribution in [3.63, 3.8) is 0 Å². The Morgan fingerprint density at radius 3 is 2.36 bits per heavy atom. The second-order valence-electron chi connectivity index (χ2n) is 11.7. The Bertz CT molecular complexity index is 609. The van der Waals surface area contributed by atoms with E-state index in [1.165, 1.54) is 12.8 Å². The minimum Gasteiger partial charge on any atom is -0.393 e. The van der Waals surface area contributed by atoms with E-state index in [1.54, 1.807) is 6.92 Å². The lowest BCUT2D eigenvalue weighted by Gasteiger charge is -2.65. The summed E-state index contributed by atoms with van der Waals surface area (Å²) in [6, 6.07) is 0. The number of aliphatic hydroxyl groups is 2. The van der Waals surface area contributed by atoms with E-state index in [0.29, 0.717) is 17.8 Å². The fourth-order valence-electron chi connectivity index (χ4n) is 8.91. The first kappa shape index (κ1) is 21.0. The predicted molar refractivity (Wildman–Crippen MR) is 107 cm³/mol. The molecular weight excluding hydrogens is 358 g/mol. The monoisotopic (exact) mass is 398 g/mol. The smallest absolute Gasteiger partial charge is 0.273 e. The van der Waals surface area contributed by atoms with Gasteiger partial charge in [0.25, 0.3) is 5.92 Å².